The molecule has 1 amide bonds. The molecule has 0 spiro atoms. The van der Waals surface area contributed by atoms with Gasteiger partial charge < -0.3 is 11.1 Å². The highest BCUT2D eigenvalue weighted by Crippen LogP contribution is 2.25. The summed E-state index contributed by atoms with van der Waals surface area (Å²) in [6.07, 6.45) is 0. The number of amides is 1. The van der Waals surface area contributed by atoms with Crippen molar-refractivity contribution in [1.82, 2.24) is 4.98 Å². The molecule has 3 aromatic rings. The molecule has 1 heterocycles. The number of benzene rings is 2. The number of nitrogen functional groups attached to an aromatic ring is 1. The summed E-state index contributed by atoms with van der Waals surface area (Å²) < 4.78 is 62.9. The lowest BCUT2D eigenvalue weighted by Crippen LogP contribution is -2.14. The van der Waals surface area contributed by atoms with Crippen LogP contribution in [0.3, 0.4) is 0 Å². The second-order valence-corrected chi connectivity index (χ2v) is 10.4. The molecule has 0 saturated heterocycles. The fourth-order valence-corrected chi connectivity index (χ4v) is 4.58. The van der Waals surface area contributed by atoms with Gasteiger partial charge in [-0.15, -0.1) is 11.3 Å². The van der Waals surface area contributed by atoms with Crippen molar-refractivity contribution in [2.45, 2.75) is 11.5 Å². The first-order valence-corrected chi connectivity index (χ1v) is 12.6. The quantitative estimate of drug-likeness (QED) is 0.367. The Kier molecular flexibility index (Phi) is 6.43. The van der Waals surface area contributed by atoms with Crippen LogP contribution in [0.5, 0.6) is 0 Å². The van der Waals surface area contributed by atoms with Gasteiger partial charge in [0.15, 0.2) is 5.13 Å². The van der Waals surface area contributed by atoms with Crippen molar-refractivity contribution in [3.05, 3.63) is 64.5 Å². The van der Waals surface area contributed by atoms with Gasteiger partial charge in [0, 0.05) is 22.2 Å². The standard InChI is InChI=1S/C18H17N3O7S3/c19-18-21-16(8-29-18)13-1-3-15(4-2-13)20-17(22)14-6-11(9-30(23,24)25)5-12(7-14)10-31(26,27)28/h1-8H,9-10H2,(H2,19,21)(H,20,22)(H,23,24,25)(H,26,27,28). The lowest BCUT2D eigenvalue weighted by molar-refractivity contribution is 0.102. The Bertz CT molecular complexity index is 1280. The molecule has 0 aliphatic heterocycles. The third-order valence-corrected chi connectivity index (χ3v) is 6.04. The predicted octanol–water partition coefficient (Wildman–Crippen LogP) is 2.42. The first-order chi connectivity index (χ1) is 14.4. The number of nitrogens with zero attached hydrogens (tertiary/aromatic N) is 1. The monoisotopic (exact) mass is 483 g/mol. The molecule has 2 aromatic carbocycles. The summed E-state index contributed by atoms with van der Waals surface area (Å²) in [6, 6.07) is 10.3. The molecule has 0 aliphatic rings. The second-order valence-electron chi connectivity index (χ2n) is 6.59. The van der Waals surface area contributed by atoms with Gasteiger partial charge >= 0.3 is 0 Å². The highest BCUT2D eigenvalue weighted by molar-refractivity contribution is 7.85. The molecular formula is C18H17N3O7S3. The number of nitrogens with one attached hydrogen (secondary N) is 1. The zero-order valence-corrected chi connectivity index (χ0v) is 18.2. The van der Waals surface area contributed by atoms with Crippen LogP contribution >= 0.6 is 11.3 Å². The van der Waals surface area contributed by atoms with E-state index in [1.54, 1.807) is 29.6 Å². The lowest BCUT2D eigenvalue weighted by Gasteiger charge is -2.10. The summed E-state index contributed by atoms with van der Waals surface area (Å²) in [5.74, 6) is -2.28. The number of rotatable bonds is 7. The van der Waals surface area contributed by atoms with Crippen LogP contribution < -0.4 is 11.1 Å². The molecule has 0 unspecified atom stereocenters. The minimum absolute atomic E-state index is 0.00901. The van der Waals surface area contributed by atoms with Gasteiger partial charge in [0.1, 0.15) is 11.5 Å². The minimum atomic E-state index is -4.43. The van der Waals surface area contributed by atoms with E-state index in [1.165, 1.54) is 29.5 Å². The molecule has 31 heavy (non-hydrogen) atoms. The molecule has 0 radical (unpaired) electrons. The van der Waals surface area contributed by atoms with Crippen LogP contribution in [0.15, 0.2) is 47.8 Å². The normalized spacial score (nSPS) is 11.9. The Morgan fingerprint density at radius 3 is 1.97 bits per heavy atom. The number of anilines is 2. The van der Waals surface area contributed by atoms with Crippen LogP contribution in [0.1, 0.15) is 21.5 Å². The average Bonchev–Trinajstić information content (AvgIpc) is 3.05. The molecule has 5 N–H and O–H groups in total. The Labute approximate surface area is 182 Å². The maximum absolute atomic E-state index is 12.6. The third kappa shape index (κ3) is 6.83. The van der Waals surface area contributed by atoms with Crippen molar-refractivity contribution < 1.29 is 30.7 Å². The summed E-state index contributed by atoms with van der Waals surface area (Å²) >= 11 is 1.30. The first kappa shape index (κ1) is 22.8. The minimum Gasteiger partial charge on any atom is -0.375 e. The Morgan fingerprint density at radius 1 is 0.968 bits per heavy atom. The van der Waals surface area contributed by atoms with Crippen molar-refractivity contribution in [2.75, 3.05) is 11.1 Å². The molecule has 0 bridgehead atoms. The highest BCUT2D eigenvalue weighted by atomic mass is 32.2. The van der Waals surface area contributed by atoms with Crippen LogP contribution in [0.25, 0.3) is 11.3 Å². The van der Waals surface area contributed by atoms with Crippen molar-refractivity contribution in [1.29, 1.82) is 0 Å². The molecule has 3 rings (SSSR count). The van der Waals surface area contributed by atoms with Gasteiger partial charge in [-0.25, -0.2) is 4.98 Å². The number of aromatic nitrogens is 1. The lowest BCUT2D eigenvalue weighted by atomic mass is 10.1. The Morgan fingerprint density at radius 2 is 1.52 bits per heavy atom. The fraction of sp³-hybridized carbons (Fsp3) is 0.111. The molecule has 0 aliphatic carbocycles. The zero-order valence-electron chi connectivity index (χ0n) is 15.7. The number of hydrogen-bond acceptors (Lipinski definition) is 8. The SMILES string of the molecule is Nc1nc(-c2ccc(NC(=O)c3cc(CS(=O)(=O)O)cc(CS(=O)(=O)O)c3)cc2)cs1. The summed E-state index contributed by atoms with van der Waals surface area (Å²) in [5, 5.41) is 4.84. The van der Waals surface area contributed by atoms with Crippen molar-refractivity contribution in [2.24, 2.45) is 0 Å². The molecule has 13 heteroatoms. The van der Waals surface area contributed by atoms with Crippen LogP contribution in [0, 0.1) is 0 Å². The summed E-state index contributed by atoms with van der Waals surface area (Å²) in [4.78, 5) is 16.8. The average molecular weight is 484 g/mol. The van der Waals surface area contributed by atoms with Gasteiger partial charge in [0.05, 0.1) is 5.69 Å². The van der Waals surface area contributed by atoms with Gasteiger partial charge in [0.2, 0.25) is 0 Å². The van der Waals surface area contributed by atoms with E-state index in [9.17, 15) is 21.6 Å². The van der Waals surface area contributed by atoms with Gasteiger partial charge in [-0.05, 0) is 35.4 Å². The first-order valence-electron chi connectivity index (χ1n) is 8.54. The maximum atomic E-state index is 12.6. The number of nitrogens with two attached hydrogens (primary N) is 1. The van der Waals surface area contributed by atoms with Crippen LogP contribution in [0.2, 0.25) is 0 Å². The number of carbonyl (C=O) groups excluding carboxylic acids is 1. The molecule has 0 saturated carbocycles. The topological polar surface area (TPSA) is 177 Å². The summed E-state index contributed by atoms with van der Waals surface area (Å²) in [7, 11) is -8.85. The second kappa shape index (κ2) is 8.72. The van der Waals surface area contributed by atoms with Crippen LogP contribution in [-0.2, 0) is 31.7 Å². The smallest absolute Gasteiger partial charge is 0.269 e. The van der Waals surface area contributed by atoms with E-state index < -0.39 is 37.6 Å². The highest BCUT2D eigenvalue weighted by Gasteiger charge is 2.16. The molecule has 0 fully saturated rings. The van der Waals surface area contributed by atoms with E-state index in [4.69, 9.17) is 14.8 Å². The zero-order chi connectivity index (χ0) is 22.8. The van der Waals surface area contributed by atoms with E-state index >= 15 is 0 Å². The van der Waals surface area contributed by atoms with E-state index in [2.05, 4.69) is 10.3 Å². The Hall–Kier alpha value is -2.84. The van der Waals surface area contributed by atoms with Crippen LogP contribution in [-0.4, -0.2) is 36.8 Å². The number of thiazole rings is 1. The summed E-state index contributed by atoms with van der Waals surface area (Å²) in [6.45, 7) is 0. The van der Waals surface area contributed by atoms with E-state index in [0.717, 1.165) is 5.56 Å². The largest absolute Gasteiger partial charge is 0.375 e. The van der Waals surface area contributed by atoms with Crippen molar-refractivity contribution in [3.63, 3.8) is 0 Å². The molecule has 164 valence electrons. The predicted molar refractivity (Wildman–Crippen MR) is 117 cm³/mol. The molecule has 1 aromatic heterocycles. The number of hydrogen-bond donors (Lipinski definition) is 4. The molecule has 10 nitrogen and oxygen atoms in total. The third-order valence-electron chi connectivity index (χ3n) is 3.97. The summed E-state index contributed by atoms with van der Waals surface area (Å²) in [5.41, 5.74) is 7.46. The van der Waals surface area contributed by atoms with Gasteiger partial charge in [-0.1, -0.05) is 18.2 Å². The molecular weight excluding hydrogens is 466 g/mol. The van der Waals surface area contributed by atoms with E-state index in [1.807, 2.05) is 0 Å². The van der Waals surface area contributed by atoms with Crippen molar-refractivity contribution in [3.8, 4) is 11.3 Å². The van der Waals surface area contributed by atoms with Crippen molar-refractivity contribution >= 4 is 48.3 Å². The van der Waals surface area contributed by atoms with Gasteiger partial charge in [0.25, 0.3) is 26.1 Å². The van der Waals surface area contributed by atoms with Gasteiger partial charge in [-0.3, -0.25) is 13.9 Å². The van der Waals surface area contributed by atoms with Gasteiger partial charge in [-0.2, -0.15) is 16.8 Å². The molecule has 0 atom stereocenters. The van der Waals surface area contributed by atoms with E-state index in [-0.39, 0.29) is 16.7 Å². The fourth-order valence-electron chi connectivity index (χ4n) is 2.83. The van der Waals surface area contributed by atoms with Crippen LogP contribution in [0.4, 0.5) is 10.8 Å². The Balaban J connectivity index is 1.85. The van der Waals surface area contributed by atoms with E-state index in [0.29, 0.717) is 16.5 Å². The number of carbonyl (C=O) groups is 1. The maximum Gasteiger partial charge on any atom is 0.269 e.